The van der Waals surface area contributed by atoms with E-state index in [1.807, 2.05) is 0 Å². The Hall–Kier alpha value is -1.09. The molecule has 0 radical (unpaired) electrons. The first-order valence-corrected chi connectivity index (χ1v) is 8.06. The first-order chi connectivity index (χ1) is 9.62. The highest BCUT2D eigenvalue weighted by Gasteiger charge is 2.23. The highest BCUT2D eigenvalue weighted by atomic mass is 15.3. The molecule has 0 aliphatic carbocycles. The van der Waals surface area contributed by atoms with E-state index in [9.17, 15) is 0 Å². The Balaban J connectivity index is 2.05. The van der Waals surface area contributed by atoms with Crippen molar-refractivity contribution in [3.63, 3.8) is 0 Å². The maximum absolute atomic E-state index is 4.72. The SMILES string of the molecule is CCN1CCN(c2ccc(C(C)(CC)CC)cn2)CC1. The van der Waals surface area contributed by atoms with Crippen molar-refractivity contribution >= 4 is 5.82 Å². The van der Waals surface area contributed by atoms with E-state index in [0.717, 1.165) is 38.5 Å². The molecule has 0 spiro atoms. The number of hydrogen-bond acceptors (Lipinski definition) is 3. The second kappa shape index (κ2) is 6.57. The van der Waals surface area contributed by atoms with Gasteiger partial charge in [0.05, 0.1) is 0 Å². The average Bonchev–Trinajstić information content (AvgIpc) is 2.54. The first kappa shape index (κ1) is 15.3. The van der Waals surface area contributed by atoms with Gasteiger partial charge in [-0.05, 0) is 36.4 Å². The van der Waals surface area contributed by atoms with E-state index >= 15 is 0 Å². The normalized spacial score (nSPS) is 17.5. The minimum Gasteiger partial charge on any atom is -0.354 e. The molecule has 2 rings (SSSR count). The number of hydrogen-bond donors (Lipinski definition) is 0. The predicted octanol–water partition coefficient (Wildman–Crippen LogP) is 3.30. The number of rotatable bonds is 5. The summed E-state index contributed by atoms with van der Waals surface area (Å²) >= 11 is 0. The van der Waals surface area contributed by atoms with Gasteiger partial charge in [-0.25, -0.2) is 4.98 Å². The van der Waals surface area contributed by atoms with Crippen LogP contribution in [0.3, 0.4) is 0 Å². The summed E-state index contributed by atoms with van der Waals surface area (Å²) in [7, 11) is 0. The minimum absolute atomic E-state index is 0.270. The van der Waals surface area contributed by atoms with Gasteiger partial charge in [-0.1, -0.05) is 33.8 Å². The molecule has 112 valence electrons. The molecule has 0 atom stereocenters. The van der Waals surface area contributed by atoms with Gasteiger partial charge in [0.15, 0.2) is 0 Å². The van der Waals surface area contributed by atoms with E-state index in [-0.39, 0.29) is 5.41 Å². The van der Waals surface area contributed by atoms with Crippen molar-refractivity contribution in [3.8, 4) is 0 Å². The summed E-state index contributed by atoms with van der Waals surface area (Å²) in [5, 5.41) is 0. The molecule has 1 aromatic rings. The topological polar surface area (TPSA) is 19.4 Å². The fraction of sp³-hybridized carbons (Fsp3) is 0.706. The molecule has 0 saturated carbocycles. The van der Waals surface area contributed by atoms with Gasteiger partial charge in [0.1, 0.15) is 5.82 Å². The summed E-state index contributed by atoms with van der Waals surface area (Å²) in [6, 6.07) is 4.49. The minimum atomic E-state index is 0.270. The van der Waals surface area contributed by atoms with Crippen LogP contribution in [0.1, 0.15) is 46.1 Å². The molecule has 2 heterocycles. The molecule has 1 aromatic heterocycles. The second-order valence-electron chi connectivity index (χ2n) is 6.09. The Labute approximate surface area is 124 Å². The summed E-state index contributed by atoms with van der Waals surface area (Å²) in [5.74, 6) is 1.14. The van der Waals surface area contributed by atoms with Gasteiger partial charge in [-0.2, -0.15) is 0 Å². The molecule has 0 unspecified atom stereocenters. The highest BCUT2D eigenvalue weighted by Crippen LogP contribution is 2.31. The quantitative estimate of drug-likeness (QED) is 0.822. The van der Waals surface area contributed by atoms with Crippen molar-refractivity contribution in [3.05, 3.63) is 23.9 Å². The molecule has 1 fully saturated rings. The summed E-state index contributed by atoms with van der Waals surface area (Å²) in [4.78, 5) is 9.63. The molecular formula is C17H29N3. The third-order valence-electron chi connectivity index (χ3n) is 5.15. The van der Waals surface area contributed by atoms with Crippen LogP contribution in [0.5, 0.6) is 0 Å². The van der Waals surface area contributed by atoms with Crippen molar-refractivity contribution in [2.75, 3.05) is 37.6 Å². The summed E-state index contributed by atoms with van der Waals surface area (Å²) in [6.45, 7) is 14.8. The Morgan fingerprint density at radius 3 is 2.15 bits per heavy atom. The third kappa shape index (κ3) is 3.14. The number of pyridine rings is 1. The molecule has 1 aliphatic rings. The van der Waals surface area contributed by atoms with Gasteiger partial charge < -0.3 is 9.80 Å². The molecule has 0 amide bonds. The van der Waals surface area contributed by atoms with Crippen LogP contribution >= 0.6 is 0 Å². The Morgan fingerprint density at radius 1 is 1.05 bits per heavy atom. The standard InChI is InChI=1S/C17H29N3/c1-5-17(4,6-2)15-8-9-16(18-14-15)20-12-10-19(7-3)11-13-20/h8-9,14H,5-7,10-13H2,1-4H3. The number of anilines is 1. The van der Waals surface area contributed by atoms with Crippen molar-refractivity contribution in [2.45, 2.75) is 46.0 Å². The third-order valence-corrected chi connectivity index (χ3v) is 5.15. The zero-order valence-electron chi connectivity index (χ0n) is 13.5. The fourth-order valence-electron chi connectivity index (χ4n) is 2.88. The molecule has 3 nitrogen and oxygen atoms in total. The van der Waals surface area contributed by atoms with Crippen molar-refractivity contribution < 1.29 is 0 Å². The van der Waals surface area contributed by atoms with Crippen LogP contribution in [0.4, 0.5) is 5.82 Å². The van der Waals surface area contributed by atoms with Crippen molar-refractivity contribution in [1.82, 2.24) is 9.88 Å². The van der Waals surface area contributed by atoms with Gasteiger partial charge >= 0.3 is 0 Å². The maximum Gasteiger partial charge on any atom is 0.128 e. The summed E-state index contributed by atoms with van der Waals surface area (Å²) in [5.41, 5.74) is 1.64. The number of likely N-dealkylation sites (N-methyl/N-ethyl adjacent to an activating group) is 1. The lowest BCUT2D eigenvalue weighted by Gasteiger charge is -2.35. The van der Waals surface area contributed by atoms with Crippen LogP contribution in [0.25, 0.3) is 0 Å². The van der Waals surface area contributed by atoms with Crippen LogP contribution in [0.15, 0.2) is 18.3 Å². The number of piperazine rings is 1. The van der Waals surface area contributed by atoms with Crippen molar-refractivity contribution in [1.29, 1.82) is 0 Å². The van der Waals surface area contributed by atoms with E-state index in [2.05, 4.69) is 55.8 Å². The predicted molar refractivity (Wildman–Crippen MR) is 86.5 cm³/mol. The van der Waals surface area contributed by atoms with Crippen LogP contribution < -0.4 is 4.90 Å². The molecule has 1 aliphatic heterocycles. The van der Waals surface area contributed by atoms with Crippen LogP contribution in [0, 0.1) is 0 Å². The van der Waals surface area contributed by atoms with E-state index < -0.39 is 0 Å². The largest absolute Gasteiger partial charge is 0.354 e. The average molecular weight is 275 g/mol. The monoisotopic (exact) mass is 275 g/mol. The lowest BCUT2D eigenvalue weighted by molar-refractivity contribution is 0.270. The lowest BCUT2D eigenvalue weighted by Crippen LogP contribution is -2.46. The van der Waals surface area contributed by atoms with E-state index in [1.54, 1.807) is 0 Å². The second-order valence-corrected chi connectivity index (χ2v) is 6.09. The van der Waals surface area contributed by atoms with Crippen LogP contribution in [-0.4, -0.2) is 42.6 Å². The van der Waals surface area contributed by atoms with Gasteiger partial charge in [-0.3, -0.25) is 0 Å². The molecule has 3 heteroatoms. The zero-order chi connectivity index (χ0) is 14.6. The molecule has 0 N–H and O–H groups in total. The Bertz CT molecular complexity index is 401. The summed E-state index contributed by atoms with van der Waals surface area (Å²) < 4.78 is 0. The molecule has 0 aromatic carbocycles. The maximum atomic E-state index is 4.72. The number of aromatic nitrogens is 1. The van der Waals surface area contributed by atoms with E-state index in [4.69, 9.17) is 4.98 Å². The number of nitrogens with zero attached hydrogens (tertiary/aromatic N) is 3. The molecule has 20 heavy (non-hydrogen) atoms. The zero-order valence-corrected chi connectivity index (χ0v) is 13.5. The summed E-state index contributed by atoms with van der Waals surface area (Å²) in [6.07, 6.45) is 4.42. The van der Waals surface area contributed by atoms with E-state index in [1.165, 1.54) is 18.4 Å². The first-order valence-electron chi connectivity index (χ1n) is 8.06. The smallest absolute Gasteiger partial charge is 0.128 e. The van der Waals surface area contributed by atoms with Crippen LogP contribution in [0.2, 0.25) is 0 Å². The van der Waals surface area contributed by atoms with Gasteiger partial charge in [0, 0.05) is 32.4 Å². The highest BCUT2D eigenvalue weighted by molar-refractivity contribution is 5.41. The molecule has 0 bridgehead atoms. The van der Waals surface area contributed by atoms with Gasteiger partial charge in [0.25, 0.3) is 0 Å². The van der Waals surface area contributed by atoms with Crippen LogP contribution in [-0.2, 0) is 5.41 Å². The van der Waals surface area contributed by atoms with Gasteiger partial charge in [-0.15, -0.1) is 0 Å². The van der Waals surface area contributed by atoms with Crippen molar-refractivity contribution in [2.24, 2.45) is 0 Å². The van der Waals surface area contributed by atoms with Gasteiger partial charge in [0.2, 0.25) is 0 Å². The lowest BCUT2D eigenvalue weighted by atomic mass is 9.79. The van der Waals surface area contributed by atoms with E-state index in [0.29, 0.717) is 0 Å². The Morgan fingerprint density at radius 2 is 1.70 bits per heavy atom. The molecular weight excluding hydrogens is 246 g/mol. The molecule has 1 saturated heterocycles. The Kier molecular flexibility index (Phi) is 5.03. The fourth-order valence-corrected chi connectivity index (χ4v) is 2.88.